The van der Waals surface area contributed by atoms with E-state index in [1.54, 1.807) is 49.4 Å². The monoisotopic (exact) mass is 322 g/mol. The second-order valence-electron chi connectivity index (χ2n) is 5.66. The first-order chi connectivity index (χ1) is 11.5. The third-order valence-electron chi connectivity index (χ3n) is 4.03. The van der Waals surface area contributed by atoms with Crippen LogP contribution in [-0.4, -0.2) is 17.3 Å². The van der Waals surface area contributed by atoms with Gasteiger partial charge in [0.25, 0.3) is 11.5 Å². The fraction of sp³-hybridized carbons (Fsp3) is 0.111. The van der Waals surface area contributed by atoms with Crippen LogP contribution in [0.5, 0.6) is 11.5 Å². The first-order valence-corrected chi connectivity index (χ1v) is 7.41. The van der Waals surface area contributed by atoms with Crippen LogP contribution >= 0.6 is 0 Å². The van der Waals surface area contributed by atoms with Crippen molar-refractivity contribution in [2.24, 2.45) is 0 Å². The van der Waals surface area contributed by atoms with E-state index < -0.39 is 5.91 Å². The molecule has 0 saturated heterocycles. The summed E-state index contributed by atoms with van der Waals surface area (Å²) in [6, 6.07) is 11.8. The Balaban J connectivity index is 1.95. The highest BCUT2D eigenvalue weighted by molar-refractivity contribution is 6.02. The van der Waals surface area contributed by atoms with Gasteiger partial charge in [-0.2, -0.15) is 0 Å². The fourth-order valence-corrected chi connectivity index (χ4v) is 2.82. The molecule has 3 aromatic rings. The minimum Gasteiger partial charge on any atom is -0.454 e. The molecular formula is C18H14N2O4. The molecule has 0 unspecified atom stereocenters. The number of hydrogen-bond acceptors (Lipinski definition) is 5. The number of rotatable bonds is 1. The van der Waals surface area contributed by atoms with Gasteiger partial charge in [-0.25, -0.2) is 4.57 Å². The first-order valence-electron chi connectivity index (χ1n) is 7.41. The van der Waals surface area contributed by atoms with Gasteiger partial charge in [-0.1, -0.05) is 6.07 Å². The van der Waals surface area contributed by atoms with E-state index in [0.717, 1.165) is 9.95 Å². The lowest BCUT2D eigenvalue weighted by molar-refractivity contribution is 0.0960. The number of anilines is 1. The maximum Gasteiger partial charge on any atom is 0.265 e. The van der Waals surface area contributed by atoms with Gasteiger partial charge in [-0.15, -0.1) is 0 Å². The summed E-state index contributed by atoms with van der Waals surface area (Å²) in [5, 5.41) is 0.774. The molecule has 4 rings (SSSR count). The summed E-state index contributed by atoms with van der Waals surface area (Å²) < 4.78 is 11.7. The van der Waals surface area contributed by atoms with E-state index in [2.05, 4.69) is 0 Å². The lowest BCUT2D eigenvalue weighted by Crippen LogP contribution is -2.29. The van der Waals surface area contributed by atoms with Crippen molar-refractivity contribution in [1.82, 2.24) is 4.57 Å². The van der Waals surface area contributed by atoms with Crippen molar-refractivity contribution in [3.8, 4) is 11.5 Å². The van der Waals surface area contributed by atoms with E-state index in [1.807, 2.05) is 0 Å². The Morgan fingerprint density at radius 2 is 1.88 bits per heavy atom. The van der Waals surface area contributed by atoms with Gasteiger partial charge < -0.3 is 15.2 Å². The summed E-state index contributed by atoms with van der Waals surface area (Å²) >= 11 is 0. The van der Waals surface area contributed by atoms with Gasteiger partial charge in [0.15, 0.2) is 11.5 Å². The van der Waals surface area contributed by atoms with Gasteiger partial charge in [0, 0.05) is 16.8 Å². The highest BCUT2D eigenvalue weighted by Gasteiger charge is 2.20. The number of nitrogens with two attached hydrogens (primary N) is 1. The molecule has 2 aromatic carbocycles. The van der Waals surface area contributed by atoms with Crippen LogP contribution in [0.1, 0.15) is 15.9 Å². The van der Waals surface area contributed by atoms with Crippen molar-refractivity contribution in [3.63, 3.8) is 0 Å². The van der Waals surface area contributed by atoms with Crippen LogP contribution in [0.25, 0.3) is 10.9 Å². The average molecular weight is 322 g/mol. The quantitative estimate of drug-likeness (QED) is 0.695. The average Bonchev–Trinajstić information content (AvgIpc) is 3.03. The van der Waals surface area contributed by atoms with Crippen LogP contribution in [-0.2, 0) is 0 Å². The van der Waals surface area contributed by atoms with E-state index in [9.17, 15) is 9.59 Å². The van der Waals surface area contributed by atoms with Gasteiger partial charge in [-0.3, -0.25) is 9.59 Å². The van der Waals surface area contributed by atoms with E-state index in [0.29, 0.717) is 33.8 Å². The molecule has 0 spiro atoms. The lowest BCUT2D eigenvalue weighted by Gasteiger charge is -2.11. The Bertz CT molecular complexity index is 1050. The van der Waals surface area contributed by atoms with Gasteiger partial charge in [0.05, 0.1) is 5.52 Å². The molecule has 2 heterocycles. The summed E-state index contributed by atoms with van der Waals surface area (Å²) in [6.07, 6.45) is 0. The molecule has 120 valence electrons. The van der Waals surface area contributed by atoms with Crippen molar-refractivity contribution in [2.45, 2.75) is 6.92 Å². The third kappa shape index (κ3) is 2.11. The Kier molecular flexibility index (Phi) is 3.06. The largest absolute Gasteiger partial charge is 0.454 e. The fourth-order valence-electron chi connectivity index (χ4n) is 2.82. The van der Waals surface area contributed by atoms with Crippen molar-refractivity contribution in [3.05, 3.63) is 63.9 Å². The number of nitrogen functional groups attached to an aromatic ring is 1. The standard InChI is InChI=1S/C18H14N2O4/c1-10-6-11-2-4-13(19)8-14(11)20(17(10)21)18(22)12-3-5-15-16(7-12)24-9-23-15/h2-8H,9,19H2,1H3. The SMILES string of the molecule is Cc1cc2ccc(N)cc2n(C(=O)c2ccc3c(c2)OCO3)c1=O. The van der Waals surface area contributed by atoms with Crippen LogP contribution in [0.15, 0.2) is 47.3 Å². The Morgan fingerprint density at radius 1 is 1.08 bits per heavy atom. The van der Waals surface area contributed by atoms with Crippen LogP contribution in [0.2, 0.25) is 0 Å². The number of carbonyl (C=O) groups is 1. The zero-order valence-electron chi connectivity index (χ0n) is 12.9. The van der Waals surface area contributed by atoms with E-state index in [4.69, 9.17) is 15.2 Å². The number of hydrogen-bond donors (Lipinski definition) is 1. The number of aryl methyl sites for hydroxylation is 1. The maximum atomic E-state index is 13.0. The predicted octanol–water partition coefficient (Wildman–Crippen LogP) is 2.31. The number of nitrogens with zero attached hydrogens (tertiary/aromatic N) is 1. The van der Waals surface area contributed by atoms with E-state index >= 15 is 0 Å². The number of carbonyl (C=O) groups excluding carboxylic acids is 1. The summed E-state index contributed by atoms with van der Waals surface area (Å²) in [4.78, 5) is 25.6. The number of ether oxygens (including phenoxy) is 2. The number of benzene rings is 2. The Labute approximate surface area is 137 Å². The number of aromatic nitrogens is 1. The van der Waals surface area contributed by atoms with Crippen molar-refractivity contribution >= 4 is 22.5 Å². The molecule has 0 bridgehead atoms. The molecule has 1 aliphatic heterocycles. The predicted molar refractivity (Wildman–Crippen MR) is 89.7 cm³/mol. The van der Waals surface area contributed by atoms with E-state index in [1.165, 1.54) is 0 Å². The molecule has 0 atom stereocenters. The van der Waals surface area contributed by atoms with Gasteiger partial charge in [0.2, 0.25) is 6.79 Å². The molecule has 0 fully saturated rings. The molecule has 24 heavy (non-hydrogen) atoms. The highest BCUT2D eigenvalue weighted by atomic mass is 16.7. The number of fused-ring (bicyclic) bond motifs is 2. The molecule has 0 radical (unpaired) electrons. The summed E-state index contributed by atoms with van der Waals surface area (Å²) in [7, 11) is 0. The minimum absolute atomic E-state index is 0.122. The second-order valence-corrected chi connectivity index (χ2v) is 5.66. The van der Waals surface area contributed by atoms with Crippen molar-refractivity contribution in [2.75, 3.05) is 12.5 Å². The minimum atomic E-state index is -0.433. The maximum absolute atomic E-state index is 13.0. The summed E-state index contributed by atoms with van der Waals surface area (Å²) in [5.74, 6) is 0.639. The molecule has 1 aliphatic rings. The molecule has 2 N–H and O–H groups in total. The molecule has 0 saturated carbocycles. The first kappa shape index (κ1) is 14.3. The van der Waals surface area contributed by atoms with Crippen LogP contribution in [0.4, 0.5) is 5.69 Å². The lowest BCUT2D eigenvalue weighted by atomic mass is 10.1. The molecule has 0 amide bonds. The van der Waals surface area contributed by atoms with E-state index in [-0.39, 0.29) is 12.4 Å². The van der Waals surface area contributed by atoms with Crippen molar-refractivity contribution < 1.29 is 14.3 Å². The van der Waals surface area contributed by atoms with Gasteiger partial charge in [0.1, 0.15) is 0 Å². The number of pyridine rings is 1. The normalized spacial score (nSPS) is 12.5. The molecule has 1 aromatic heterocycles. The summed E-state index contributed by atoms with van der Waals surface area (Å²) in [6.45, 7) is 1.80. The topological polar surface area (TPSA) is 83.6 Å². The molecular weight excluding hydrogens is 308 g/mol. The molecule has 6 nitrogen and oxygen atoms in total. The zero-order chi connectivity index (χ0) is 16.8. The second kappa shape index (κ2) is 5.13. The Morgan fingerprint density at radius 3 is 2.71 bits per heavy atom. The van der Waals surface area contributed by atoms with Gasteiger partial charge in [-0.05, 0) is 48.7 Å². The molecule has 0 aliphatic carbocycles. The van der Waals surface area contributed by atoms with Gasteiger partial charge >= 0.3 is 0 Å². The van der Waals surface area contributed by atoms with Crippen LogP contribution in [0.3, 0.4) is 0 Å². The smallest absolute Gasteiger partial charge is 0.265 e. The van der Waals surface area contributed by atoms with Crippen molar-refractivity contribution in [1.29, 1.82) is 0 Å². The highest BCUT2D eigenvalue weighted by Crippen LogP contribution is 2.32. The van der Waals surface area contributed by atoms with Crippen LogP contribution < -0.4 is 20.8 Å². The molecule has 6 heteroatoms. The third-order valence-corrected chi connectivity index (χ3v) is 4.03. The zero-order valence-corrected chi connectivity index (χ0v) is 12.9. The van der Waals surface area contributed by atoms with Crippen LogP contribution in [0, 0.1) is 6.92 Å². The summed E-state index contributed by atoms with van der Waals surface area (Å²) in [5.41, 5.74) is 7.26. The Hall–Kier alpha value is -3.28.